The van der Waals surface area contributed by atoms with E-state index in [-0.39, 0.29) is 23.5 Å². The lowest BCUT2D eigenvalue weighted by Crippen LogP contribution is -2.33. The number of carbonyl (C=O) groups excluding carboxylic acids is 1. The number of carbonyl (C=O) groups is 1. The number of nitrogens with two attached hydrogens (primary N) is 1. The molecule has 0 spiro atoms. The minimum absolute atomic E-state index is 0.0627. The van der Waals surface area contributed by atoms with E-state index in [4.69, 9.17) is 9.88 Å². The van der Waals surface area contributed by atoms with Gasteiger partial charge in [-0.1, -0.05) is 0 Å². The topological polar surface area (TPSA) is 89.7 Å². The summed E-state index contributed by atoms with van der Waals surface area (Å²) in [5.74, 6) is -0.164. The Hall–Kier alpha value is -1.44. The van der Waals surface area contributed by atoms with Crippen molar-refractivity contribution in [3.8, 4) is 0 Å². The van der Waals surface area contributed by atoms with Crippen LogP contribution >= 0.6 is 0 Å². The number of hydrogen-bond donors (Lipinski definition) is 1. The molecule has 116 valence electrons. The Morgan fingerprint density at radius 2 is 2.05 bits per heavy atom. The second kappa shape index (κ2) is 6.13. The van der Waals surface area contributed by atoms with Crippen molar-refractivity contribution in [2.75, 3.05) is 13.7 Å². The van der Waals surface area contributed by atoms with Gasteiger partial charge in [0.1, 0.15) is 0 Å². The highest BCUT2D eigenvalue weighted by atomic mass is 32.2. The fourth-order valence-corrected chi connectivity index (χ4v) is 2.93. The predicted octanol–water partition coefficient (Wildman–Crippen LogP) is 1.10. The van der Waals surface area contributed by atoms with Crippen molar-refractivity contribution in [1.29, 1.82) is 0 Å². The molecule has 1 aliphatic rings. The summed E-state index contributed by atoms with van der Waals surface area (Å²) in [4.78, 5) is 14.2. The molecule has 0 aromatic heterocycles. The van der Waals surface area contributed by atoms with E-state index in [9.17, 15) is 13.2 Å². The standard InChI is InChI=1S/C14H20N2O4S/c1-3-16(12-4-5-12)14(17)11-6-10(9-20-2)7-13(8-11)21(15,18)19/h6-8,12H,3-5,9H2,1-2H3,(H2,15,18,19). The maximum atomic E-state index is 12.5. The molecule has 0 radical (unpaired) electrons. The molecule has 0 unspecified atom stereocenters. The van der Waals surface area contributed by atoms with Crippen LogP contribution in [0.15, 0.2) is 23.1 Å². The number of hydrogen-bond acceptors (Lipinski definition) is 4. The highest BCUT2D eigenvalue weighted by Gasteiger charge is 2.32. The first-order valence-electron chi connectivity index (χ1n) is 6.83. The molecule has 2 rings (SSSR count). The van der Waals surface area contributed by atoms with E-state index in [2.05, 4.69) is 0 Å². The van der Waals surface area contributed by atoms with Gasteiger partial charge in [0.25, 0.3) is 5.91 Å². The van der Waals surface area contributed by atoms with Crippen LogP contribution in [-0.4, -0.2) is 38.9 Å². The van der Waals surface area contributed by atoms with Crippen LogP contribution in [0.2, 0.25) is 0 Å². The number of methoxy groups -OCH3 is 1. The van der Waals surface area contributed by atoms with Crippen LogP contribution in [0.4, 0.5) is 0 Å². The number of sulfonamides is 1. The molecule has 6 nitrogen and oxygen atoms in total. The lowest BCUT2D eigenvalue weighted by Gasteiger charge is -2.21. The van der Waals surface area contributed by atoms with Gasteiger partial charge >= 0.3 is 0 Å². The highest BCUT2D eigenvalue weighted by Crippen LogP contribution is 2.28. The molecule has 1 fully saturated rings. The molecule has 1 saturated carbocycles. The molecule has 1 amide bonds. The van der Waals surface area contributed by atoms with Crippen molar-refractivity contribution in [3.05, 3.63) is 29.3 Å². The minimum atomic E-state index is -3.86. The van der Waals surface area contributed by atoms with Crippen molar-refractivity contribution in [3.63, 3.8) is 0 Å². The van der Waals surface area contributed by atoms with E-state index in [0.717, 1.165) is 12.8 Å². The number of benzene rings is 1. The van der Waals surface area contributed by atoms with Gasteiger partial charge in [-0.05, 0) is 43.5 Å². The Balaban J connectivity index is 2.41. The summed E-state index contributed by atoms with van der Waals surface area (Å²) in [6.07, 6.45) is 2.00. The first-order valence-corrected chi connectivity index (χ1v) is 8.38. The van der Waals surface area contributed by atoms with Crippen LogP contribution in [-0.2, 0) is 21.4 Å². The van der Waals surface area contributed by atoms with Crippen molar-refractivity contribution in [2.24, 2.45) is 5.14 Å². The number of ether oxygens (including phenoxy) is 1. The van der Waals surface area contributed by atoms with Crippen molar-refractivity contribution in [2.45, 2.75) is 37.3 Å². The number of primary sulfonamides is 1. The molecular formula is C14H20N2O4S. The van der Waals surface area contributed by atoms with Gasteiger partial charge in [0.2, 0.25) is 10.0 Å². The van der Waals surface area contributed by atoms with Crippen molar-refractivity contribution < 1.29 is 17.9 Å². The molecule has 0 bridgehead atoms. The first kappa shape index (κ1) is 15.9. The molecule has 7 heteroatoms. The molecule has 21 heavy (non-hydrogen) atoms. The van der Waals surface area contributed by atoms with Gasteiger partial charge in [0, 0.05) is 25.3 Å². The maximum absolute atomic E-state index is 12.5. The average Bonchev–Trinajstić information content (AvgIpc) is 3.23. The monoisotopic (exact) mass is 312 g/mol. The Morgan fingerprint density at radius 1 is 1.38 bits per heavy atom. The molecule has 0 aliphatic heterocycles. The second-order valence-corrected chi connectivity index (χ2v) is 6.73. The Morgan fingerprint density at radius 3 is 2.52 bits per heavy atom. The van der Waals surface area contributed by atoms with Crippen LogP contribution in [0, 0.1) is 0 Å². The molecule has 1 aromatic carbocycles. The first-order chi connectivity index (χ1) is 9.86. The molecule has 0 atom stereocenters. The van der Waals surface area contributed by atoms with Gasteiger partial charge in [0.15, 0.2) is 0 Å². The maximum Gasteiger partial charge on any atom is 0.254 e. The van der Waals surface area contributed by atoms with E-state index >= 15 is 0 Å². The fraction of sp³-hybridized carbons (Fsp3) is 0.500. The molecular weight excluding hydrogens is 292 g/mol. The number of rotatable bonds is 6. The zero-order chi connectivity index (χ0) is 15.6. The third-order valence-corrected chi connectivity index (χ3v) is 4.33. The minimum Gasteiger partial charge on any atom is -0.380 e. The smallest absolute Gasteiger partial charge is 0.254 e. The lowest BCUT2D eigenvalue weighted by atomic mass is 10.1. The lowest BCUT2D eigenvalue weighted by molar-refractivity contribution is 0.0752. The molecule has 0 heterocycles. The SMILES string of the molecule is CCN(C(=O)c1cc(COC)cc(S(N)(=O)=O)c1)C1CC1. The van der Waals surface area contributed by atoms with Crippen LogP contribution in [0.25, 0.3) is 0 Å². The normalized spacial score (nSPS) is 15.0. The fourth-order valence-electron chi connectivity index (χ4n) is 2.32. The Labute approximate surface area is 124 Å². The molecule has 1 aliphatic carbocycles. The van der Waals surface area contributed by atoms with Crippen LogP contribution < -0.4 is 5.14 Å². The summed E-state index contributed by atoms with van der Waals surface area (Å²) < 4.78 is 28.1. The van der Waals surface area contributed by atoms with E-state index in [1.807, 2.05) is 6.92 Å². The molecule has 0 saturated heterocycles. The summed E-state index contributed by atoms with van der Waals surface area (Å²) in [5, 5.41) is 5.18. The van der Waals surface area contributed by atoms with Crippen LogP contribution in [0.5, 0.6) is 0 Å². The van der Waals surface area contributed by atoms with E-state index in [0.29, 0.717) is 17.7 Å². The van der Waals surface area contributed by atoms with Crippen LogP contribution in [0.3, 0.4) is 0 Å². The van der Waals surface area contributed by atoms with E-state index in [1.54, 1.807) is 11.0 Å². The van der Waals surface area contributed by atoms with Gasteiger partial charge < -0.3 is 9.64 Å². The predicted molar refractivity (Wildman–Crippen MR) is 78.3 cm³/mol. The Kier molecular flexibility index (Phi) is 4.65. The average molecular weight is 312 g/mol. The third-order valence-electron chi connectivity index (χ3n) is 3.44. The number of nitrogens with zero attached hydrogens (tertiary/aromatic N) is 1. The van der Waals surface area contributed by atoms with Crippen LogP contribution in [0.1, 0.15) is 35.7 Å². The highest BCUT2D eigenvalue weighted by molar-refractivity contribution is 7.89. The zero-order valence-electron chi connectivity index (χ0n) is 12.2. The van der Waals surface area contributed by atoms with E-state index < -0.39 is 10.0 Å². The van der Waals surface area contributed by atoms with Gasteiger partial charge in [-0.15, -0.1) is 0 Å². The summed E-state index contributed by atoms with van der Waals surface area (Å²) >= 11 is 0. The van der Waals surface area contributed by atoms with Gasteiger partial charge in [0.05, 0.1) is 11.5 Å². The summed E-state index contributed by atoms with van der Waals surface area (Å²) in [6.45, 7) is 2.73. The summed E-state index contributed by atoms with van der Waals surface area (Å²) in [6, 6.07) is 4.70. The summed E-state index contributed by atoms with van der Waals surface area (Å²) in [5.41, 5.74) is 0.946. The zero-order valence-corrected chi connectivity index (χ0v) is 13.0. The Bertz CT molecular complexity index is 638. The third kappa shape index (κ3) is 3.81. The van der Waals surface area contributed by atoms with Crippen molar-refractivity contribution >= 4 is 15.9 Å². The largest absolute Gasteiger partial charge is 0.380 e. The second-order valence-electron chi connectivity index (χ2n) is 5.17. The summed E-state index contributed by atoms with van der Waals surface area (Å²) in [7, 11) is -2.36. The van der Waals surface area contributed by atoms with E-state index in [1.165, 1.54) is 19.2 Å². The van der Waals surface area contributed by atoms with Gasteiger partial charge in [-0.3, -0.25) is 4.79 Å². The van der Waals surface area contributed by atoms with Crippen molar-refractivity contribution in [1.82, 2.24) is 4.90 Å². The van der Waals surface area contributed by atoms with Gasteiger partial charge in [-0.25, -0.2) is 13.6 Å². The quantitative estimate of drug-likeness (QED) is 0.852. The molecule has 1 aromatic rings. The molecule has 2 N–H and O–H groups in total. The number of amides is 1. The van der Waals surface area contributed by atoms with Gasteiger partial charge in [-0.2, -0.15) is 0 Å².